The minimum Gasteiger partial charge on any atom is -0.504 e. The number of aromatic nitrogens is 1. The van der Waals surface area contributed by atoms with Crippen LogP contribution in [0.4, 0.5) is 5.69 Å². The SMILES string of the molecule is CCOC(=O)C1=C(C)n2c(sc(=Cc3ccc(N(C)C)cc3)c2=O)=NC1c1ccc(O)c(OC)c1. The van der Waals surface area contributed by atoms with Crippen molar-refractivity contribution in [2.24, 2.45) is 4.99 Å². The predicted octanol–water partition coefficient (Wildman–Crippen LogP) is 2.69. The van der Waals surface area contributed by atoms with E-state index in [1.54, 1.807) is 26.0 Å². The number of allylic oxidation sites excluding steroid dienone is 1. The van der Waals surface area contributed by atoms with E-state index < -0.39 is 12.0 Å². The van der Waals surface area contributed by atoms with Crippen molar-refractivity contribution in [2.75, 3.05) is 32.7 Å². The number of carbonyl (C=O) groups is 1. The second kappa shape index (κ2) is 9.79. The van der Waals surface area contributed by atoms with Crippen LogP contribution in [0.3, 0.4) is 0 Å². The van der Waals surface area contributed by atoms with Gasteiger partial charge in [-0.15, -0.1) is 0 Å². The molecule has 35 heavy (non-hydrogen) atoms. The monoisotopic (exact) mass is 493 g/mol. The number of anilines is 1. The summed E-state index contributed by atoms with van der Waals surface area (Å²) in [6.07, 6.45) is 1.82. The van der Waals surface area contributed by atoms with E-state index in [2.05, 4.69) is 0 Å². The molecule has 0 radical (unpaired) electrons. The number of benzene rings is 2. The molecule has 1 aliphatic heterocycles. The average molecular weight is 494 g/mol. The van der Waals surface area contributed by atoms with Gasteiger partial charge >= 0.3 is 5.97 Å². The van der Waals surface area contributed by atoms with E-state index in [1.165, 1.54) is 29.1 Å². The molecule has 1 aliphatic rings. The number of ether oxygens (including phenoxy) is 2. The van der Waals surface area contributed by atoms with Crippen molar-refractivity contribution >= 4 is 34.8 Å². The Morgan fingerprint density at radius 3 is 2.57 bits per heavy atom. The number of carbonyl (C=O) groups excluding carboxylic acids is 1. The summed E-state index contributed by atoms with van der Waals surface area (Å²) in [7, 11) is 5.39. The van der Waals surface area contributed by atoms with E-state index in [-0.39, 0.29) is 29.2 Å². The number of nitrogens with zero attached hydrogens (tertiary/aromatic N) is 3. The Labute approximate surface area is 206 Å². The Balaban J connectivity index is 1.90. The fourth-order valence-corrected chi connectivity index (χ4v) is 4.98. The average Bonchev–Trinajstić information content (AvgIpc) is 3.14. The van der Waals surface area contributed by atoms with E-state index in [0.29, 0.717) is 20.6 Å². The standard InChI is InChI=1S/C26H27N3O5S/c1-6-34-25(32)22-15(2)29-24(31)21(13-16-7-10-18(11-8-16)28(3)4)35-26(29)27-23(22)17-9-12-19(30)20(14-17)33-5/h7-14,23,30H,6H2,1-5H3. The predicted molar refractivity (Wildman–Crippen MR) is 137 cm³/mol. The summed E-state index contributed by atoms with van der Waals surface area (Å²) in [5.74, 6) is -0.294. The molecule has 1 unspecified atom stereocenters. The number of methoxy groups -OCH3 is 1. The minimum absolute atomic E-state index is 0.0179. The molecule has 8 nitrogen and oxygen atoms in total. The number of phenols is 1. The molecule has 1 aromatic heterocycles. The van der Waals surface area contributed by atoms with Crippen molar-refractivity contribution in [3.05, 3.63) is 78.9 Å². The largest absolute Gasteiger partial charge is 0.504 e. The van der Waals surface area contributed by atoms with Crippen molar-refractivity contribution in [2.45, 2.75) is 19.9 Å². The van der Waals surface area contributed by atoms with Crippen LogP contribution >= 0.6 is 11.3 Å². The fraction of sp³-hybridized carbons (Fsp3) is 0.269. The van der Waals surface area contributed by atoms with Gasteiger partial charge in [-0.3, -0.25) is 9.36 Å². The van der Waals surface area contributed by atoms with E-state index in [9.17, 15) is 14.7 Å². The van der Waals surface area contributed by atoms with Crippen LogP contribution in [0.15, 0.2) is 57.8 Å². The van der Waals surface area contributed by atoms with Gasteiger partial charge in [0.25, 0.3) is 5.56 Å². The number of aromatic hydroxyl groups is 1. The molecule has 2 heterocycles. The Hall–Kier alpha value is -3.85. The van der Waals surface area contributed by atoms with Crippen LogP contribution in [-0.4, -0.2) is 43.5 Å². The summed E-state index contributed by atoms with van der Waals surface area (Å²) in [5.41, 5.74) is 3.08. The lowest BCUT2D eigenvalue weighted by atomic mass is 9.96. The van der Waals surface area contributed by atoms with Gasteiger partial charge in [-0.05, 0) is 55.3 Å². The third-order valence-corrected chi connectivity index (χ3v) is 6.75. The van der Waals surface area contributed by atoms with Gasteiger partial charge in [0.15, 0.2) is 16.3 Å². The molecular weight excluding hydrogens is 466 g/mol. The summed E-state index contributed by atoms with van der Waals surface area (Å²) in [4.78, 5) is 33.6. The molecule has 0 aliphatic carbocycles. The second-order valence-electron chi connectivity index (χ2n) is 8.20. The highest BCUT2D eigenvalue weighted by Crippen LogP contribution is 2.36. The topological polar surface area (TPSA) is 93.4 Å². The maximum atomic E-state index is 13.4. The number of rotatable bonds is 6. The first-order valence-electron chi connectivity index (χ1n) is 11.1. The maximum absolute atomic E-state index is 13.4. The highest BCUT2D eigenvalue weighted by Gasteiger charge is 2.31. The quantitative estimate of drug-likeness (QED) is 0.531. The normalized spacial score (nSPS) is 15.5. The van der Waals surface area contributed by atoms with Gasteiger partial charge in [-0.25, -0.2) is 9.79 Å². The zero-order chi connectivity index (χ0) is 25.3. The Bertz CT molecular complexity index is 1480. The Kier molecular flexibility index (Phi) is 6.79. The number of fused-ring (bicyclic) bond motifs is 1. The van der Waals surface area contributed by atoms with Crippen LogP contribution < -0.4 is 24.5 Å². The maximum Gasteiger partial charge on any atom is 0.338 e. The zero-order valence-electron chi connectivity index (χ0n) is 20.2. The van der Waals surface area contributed by atoms with E-state index in [0.717, 1.165) is 11.3 Å². The molecular formula is C26H27N3O5S. The van der Waals surface area contributed by atoms with E-state index >= 15 is 0 Å². The first kappa shape index (κ1) is 24.3. The molecule has 0 amide bonds. The lowest BCUT2D eigenvalue weighted by Gasteiger charge is -2.22. The molecule has 4 rings (SSSR count). The number of esters is 1. The fourth-order valence-electron chi connectivity index (χ4n) is 3.94. The summed E-state index contributed by atoms with van der Waals surface area (Å²) in [6.45, 7) is 3.64. The molecule has 1 atom stereocenters. The molecule has 182 valence electrons. The van der Waals surface area contributed by atoms with Crippen LogP contribution in [0, 0.1) is 0 Å². The molecule has 0 spiro atoms. The third kappa shape index (κ3) is 4.59. The van der Waals surface area contributed by atoms with Gasteiger partial charge in [-0.2, -0.15) is 0 Å². The number of hydrogen-bond donors (Lipinski definition) is 1. The number of hydrogen-bond acceptors (Lipinski definition) is 8. The smallest absolute Gasteiger partial charge is 0.338 e. The molecule has 1 N–H and O–H groups in total. The Morgan fingerprint density at radius 1 is 1.23 bits per heavy atom. The number of phenolic OH excluding ortho intramolecular Hbond substituents is 1. The first-order chi connectivity index (χ1) is 16.7. The van der Waals surface area contributed by atoms with Crippen LogP contribution in [0.2, 0.25) is 0 Å². The second-order valence-corrected chi connectivity index (χ2v) is 9.21. The Morgan fingerprint density at radius 2 is 1.94 bits per heavy atom. The highest BCUT2D eigenvalue weighted by molar-refractivity contribution is 7.07. The molecule has 3 aromatic rings. The summed E-state index contributed by atoms with van der Waals surface area (Å²) in [5, 5.41) is 10.0. The van der Waals surface area contributed by atoms with Crippen molar-refractivity contribution in [1.82, 2.24) is 4.57 Å². The van der Waals surface area contributed by atoms with Crippen LogP contribution in [0.25, 0.3) is 11.8 Å². The van der Waals surface area contributed by atoms with Gasteiger partial charge in [0.1, 0.15) is 6.04 Å². The molecule has 0 saturated carbocycles. The van der Waals surface area contributed by atoms with Crippen molar-refractivity contribution < 1.29 is 19.4 Å². The van der Waals surface area contributed by atoms with Gasteiger partial charge in [0.05, 0.1) is 23.8 Å². The van der Waals surface area contributed by atoms with Crippen molar-refractivity contribution in [1.29, 1.82) is 0 Å². The highest BCUT2D eigenvalue weighted by atomic mass is 32.1. The third-order valence-electron chi connectivity index (χ3n) is 5.77. The van der Waals surface area contributed by atoms with Crippen LogP contribution in [0.5, 0.6) is 11.5 Å². The molecule has 0 fully saturated rings. The number of thiazole rings is 1. The lowest BCUT2D eigenvalue weighted by molar-refractivity contribution is -0.138. The summed E-state index contributed by atoms with van der Waals surface area (Å²) < 4.78 is 12.5. The molecule has 2 aromatic carbocycles. The first-order valence-corrected chi connectivity index (χ1v) is 11.9. The van der Waals surface area contributed by atoms with Gasteiger partial charge in [-0.1, -0.05) is 29.5 Å². The summed E-state index contributed by atoms with van der Waals surface area (Å²) >= 11 is 1.26. The minimum atomic E-state index is -0.714. The van der Waals surface area contributed by atoms with Crippen LogP contribution in [-0.2, 0) is 9.53 Å². The zero-order valence-corrected chi connectivity index (χ0v) is 21.0. The molecule has 0 saturated heterocycles. The van der Waals surface area contributed by atoms with Crippen LogP contribution in [0.1, 0.15) is 31.0 Å². The molecule has 9 heteroatoms. The van der Waals surface area contributed by atoms with Gasteiger partial charge in [0, 0.05) is 25.5 Å². The van der Waals surface area contributed by atoms with Crippen molar-refractivity contribution in [3.63, 3.8) is 0 Å². The lowest BCUT2D eigenvalue weighted by Crippen LogP contribution is -2.35. The van der Waals surface area contributed by atoms with E-state index in [1.807, 2.05) is 49.3 Å². The molecule has 0 bridgehead atoms. The van der Waals surface area contributed by atoms with E-state index in [4.69, 9.17) is 14.5 Å². The van der Waals surface area contributed by atoms with Gasteiger partial charge in [0.2, 0.25) is 0 Å². The summed E-state index contributed by atoms with van der Waals surface area (Å²) in [6, 6.07) is 12.0. The van der Waals surface area contributed by atoms with Crippen molar-refractivity contribution in [3.8, 4) is 11.5 Å². The van der Waals surface area contributed by atoms with Gasteiger partial charge < -0.3 is 19.5 Å².